The lowest BCUT2D eigenvalue weighted by molar-refractivity contribution is -0.254. The van der Waals surface area contributed by atoms with Crippen molar-refractivity contribution >= 4 is 29.2 Å². The molecule has 0 aliphatic heterocycles. The van der Waals surface area contributed by atoms with Crippen molar-refractivity contribution in [2.24, 2.45) is 0 Å². The van der Waals surface area contributed by atoms with Crippen LogP contribution in [0.1, 0.15) is 27.4 Å². The first-order valence-electron chi connectivity index (χ1n) is 9.23. The van der Waals surface area contributed by atoms with Crippen molar-refractivity contribution in [1.82, 2.24) is 15.0 Å². The highest BCUT2D eigenvalue weighted by Gasteiger charge is 2.08. The highest BCUT2D eigenvalue weighted by atomic mass is 16.5. The Hall–Kier alpha value is -4.13. The Labute approximate surface area is 172 Å². The van der Waals surface area contributed by atoms with Crippen LogP contribution in [0.15, 0.2) is 60.8 Å². The zero-order valence-corrected chi connectivity index (χ0v) is 16.2. The third-order valence-electron chi connectivity index (χ3n) is 4.47. The number of rotatable bonds is 7. The average molecular weight is 400 g/mol. The molecule has 2 aromatic heterocycles. The molecule has 0 unspecified atom stereocenters. The molecule has 150 valence electrons. The predicted octanol–water partition coefficient (Wildman–Crippen LogP) is 3.08. The SMILES string of the molecule is COc1ccc(/C=C/c2nc3c(C(=O)[O-])cccc3[nH]2)cc1OCc1ccccn1. The maximum absolute atomic E-state index is 11.3. The van der Waals surface area contributed by atoms with Crippen LogP contribution in [-0.4, -0.2) is 28.0 Å². The van der Waals surface area contributed by atoms with E-state index in [0.29, 0.717) is 35.0 Å². The van der Waals surface area contributed by atoms with Crippen LogP contribution >= 0.6 is 0 Å². The summed E-state index contributed by atoms with van der Waals surface area (Å²) in [6, 6.07) is 16.1. The zero-order chi connectivity index (χ0) is 20.9. The van der Waals surface area contributed by atoms with Gasteiger partial charge in [-0.2, -0.15) is 0 Å². The van der Waals surface area contributed by atoms with Crippen LogP contribution in [0.2, 0.25) is 0 Å². The number of hydrogen-bond donors (Lipinski definition) is 1. The van der Waals surface area contributed by atoms with Crippen molar-refractivity contribution in [2.45, 2.75) is 6.61 Å². The fraction of sp³-hybridized carbons (Fsp3) is 0.0870. The summed E-state index contributed by atoms with van der Waals surface area (Å²) in [6.07, 6.45) is 5.33. The van der Waals surface area contributed by atoms with E-state index in [0.717, 1.165) is 11.3 Å². The van der Waals surface area contributed by atoms with Gasteiger partial charge in [-0.25, -0.2) is 4.98 Å². The van der Waals surface area contributed by atoms with Crippen molar-refractivity contribution in [3.05, 3.63) is 83.4 Å². The maximum Gasteiger partial charge on any atom is 0.162 e. The van der Waals surface area contributed by atoms with E-state index in [2.05, 4.69) is 15.0 Å². The van der Waals surface area contributed by atoms with Crippen LogP contribution in [0.4, 0.5) is 0 Å². The molecule has 0 spiro atoms. The number of aromatic amines is 1. The standard InChI is InChI=1S/C23H19N3O4/c1-29-19-10-8-15(13-20(19)30-14-16-5-2-3-12-24-16)9-11-21-25-18-7-4-6-17(23(27)28)22(18)26-21/h2-13H,14H2,1H3,(H,25,26)(H,27,28)/p-1/b11-9+. The molecule has 0 saturated carbocycles. The van der Waals surface area contributed by atoms with Gasteiger partial charge in [-0.15, -0.1) is 0 Å². The molecule has 4 rings (SSSR count). The molecule has 7 heteroatoms. The van der Waals surface area contributed by atoms with E-state index in [4.69, 9.17) is 9.47 Å². The van der Waals surface area contributed by atoms with Crippen molar-refractivity contribution in [1.29, 1.82) is 0 Å². The molecule has 4 aromatic rings. The Balaban J connectivity index is 1.57. The van der Waals surface area contributed by atoms with Crippen LogP contribution in [0.5, 0.6) is 11.5 Å². The number of imidazole rings is 1. The lowest BCUT2D eigenvalue weighted by Gasteiger charge is -2.11. The molecule has 0 fully saturated rings. The maximum atomic E-state index is 11.3. The number of methoxy groups -OCH3 is 1. The van der Waals surface area contributed by atoms with E-state index >= 15 is 0 Å². The first kappa shape index (κ1) is 19.2. The van der Waals surface area contributed by atoms with Crippen LogP contribution in [0.25, 0.3) is 23.2 Å². The van der Waals surface area contributed by atoms with Crippen molar-refractivity contribution in [3.63, 3.8) is 0 Å². The number of aromatic nitrogens is 3. The number of nitrogens with one attached hydrogen (secondary N) is 1. The number of carboxylic acids is 1. The average Bonchev–Trinajstić information content (AvgIpc) is 3.20. The van der Waals surface area contributed by atoms with Gasteiger partial charge in [0.15, 0.2) is 11.5 Å². The number of aromatic carboxylic acids is 1. The van der Waals surface area contributed by atoms with Gasteiger partial charge in [0.1, 0.15) is 12.4 Å². The number of hydrogen-bond acceptors (Lipinski definition) is 6. The fourth-order valence-corrected chi connectivity index (χ4v) is 3.01. The Morgan fingerprint density at radius 2 is 2.00 bits per heavy atom. The van der Waals surface area contributed by atoms with E-state index in [-0.39, 0.29) is 5.56 Å². The molecule has 0 amide bonds. The van der Waals surface area contributed by atoms with Gasteiger partial charge in [-0.1, -0.05) is 30.3 Å². The molecule has 0 atom stereocenters. The molecule has 0 radical (unpaired) electrons. The van der Waals surface area contributed by atoms with Crippen LogP contribution in [0, 0.1) is 0 Å². The number of fused-ring (bicyclic) bond motifs is 1. The Morgan fingerprint density at radius 3 is 2.77 bits per heavy atom. The van der Waals surface area contributed by atoms with E-state index in [9.17, 15) is 9.90 Å². The fourth-order valence-electron chi connectivity index (χ4n) is 3.01. The van der Waals surface area contributed by atoms with Gasteiger partial charge in [-0.05, 0) is 42.0 Å². The number of carbonyl (C=O) groups excluding carboxylic acids is 1. The molecule has 0 saturated heterocycles. The van der Waals surface area contributed by atoms with Gasteiger partial charge in [0, 0.05) is 11.8 Å². The lowest BCUT2D eigenvalue weighted by atomic mass is 10.2. The van der Waals surface area contributed by atoms with Crippen LogP contribution < -0.4 is 14.6 Å². The summed E-state index contributed by atoms with van der Waals surface area (Å²) >= 11 is 0. The van der Waals surface area contributed by atoms with Gasteiger partial charge in [-0.3, -0.25) is 4.98 Å². The Bertz CT molecular complexity index is 1220. The number of carbonyl (C=O) groups is 1. The molecular weight excluding hydrogens is 382 g/mol. The van der Waals surface area contributed by atoms with Gasteiger partial charge in [0.2, 0.25) is 0 Å². The molecule has 0 aliphatic carbocycles. The molecular formula is C23H18N3O4-. The van der Waals surface area contributed by atoms with Gasteiger partial charge >= 0.3 is 0 Å². The van der Waals surface area contributed by atoms with Crippen molar-refractivity contribution in [2.75, 3.05) is 7.11 Å². The second-order valence-electron chi connectivity index (χ2n) is 6.46. The molecule has 2 aromatic carbocycles. The van der Waals surface area contributed by atoms with Gasteiger partial charge in [0.05, 0.1) is 29.8 Å². The largest absolute Gasteiger partial charge is 0.545 e. The molecule has 2 heterocycles. The predicted molar refractivity (Wildman–Crippen MR) is 111 cm³/mol. The number of H-pyrrole nitrogens is 1. The van der Waals surface area contributed by atoms with Crippen molar-refractivity contribution < 1.29 is 19.4 Å². The second-order valence-corrected chi connectivity index (χ2v) is 6.46. The number of benzene rings is 2. The van der Waals surface area contributed by atoms with Gasteiger partial charge < -0.3 is 24.4 Å². The molecule has 0 aliphatic rings. The third kappa shape index (κ3) is 4.15. The summed E-state index contributed by atoms with van der Waals surface area (Å²) in [7, 11) is 1.59. The smallest absolute Gasteiger partial charge is 0.162 e. The number of pyridine rings is 1. The summed E-state index contributed by atoms with van der Waals surface area (Å²) in [4.78, 5) is 22.9. The summed E-state index contributed by atoms with van der Waals surface area (Å²) < 4.78 is 11.3. The highest BCUT2D eigenvalue weighted by molar-refractivity contribution is 6.00. The number of para-hydroxylation sites is 1. The highest BCUT2D eigenvalue weighted by Crippen LogP contribution is 2.29. The zero-order valence-electron chi connectivity index (χ0n) is 16.2. The van der Waals surface area contributed by atoms with Crippen LogP contribution in [-0.2, 0) is 6.61 Å². The first-order valence-corrected chi connectivity index (χ1v) is 9.23. The summed E-state index contributed by atoms with van der Waals surface area (Å²) in [5.74, 6) is 0.484. The normalized spacial score (nSPS) is 11.1. The quantitative estimate of drug-likeness (QED) is 0.512. The second kappa shape index (κ2) is 8.48. The van der Waals surface area contributed by atoms with E-state index in [1.807, 2.05) is 42.5 Å². The van der Waals surface area contributed by atoms with E-state index in [1.165, 1.54) is 6.07 Å². The topological polar surface area (TPSA) is 100 Å². The molecule has 1 N–H and O–H groups in total. The third-order valence-corrected chi connectivity index (χ3v) is 4.47. The monoisotopic (exact) mass is 400 g/mol. The number of carboxylic acid groups (broad SMARTS) is 1. The Morgan fingerprint density at radius 1 is 1.10 bits per heavy atom. The molecule has 0 bridgehead atoms. The summed E-state index contributed by atoms with van der Waals surface area (Å²) in [5.41, 5.74) is 2.73. The van der Waals surface area contributed by atoms with Crippen molar-refractivity contribution in [3.8, 4) is 11.5 Å². The summed E-state index contributed by atoms with van der Waals surface area (Å²) in [6.45, 7) is 0.319. The van der Waals surface area contributed by atoms with E-state index < -0.39 is 5.97 Å². The van der Waals surface area contributed by atoms with E-state index in [1.54, 1.807) is 31.5 Å². The lowest BCUT2D eigenvalue weighted by Crippen LogP contribution is -2.22. The molecule has 7 nitrogen and oxygen atoms in total. The minimum absolute atomic E-state index is 0.0538. The Kier molecular flexibility index (Phi) is 5.43. The number of ether oxygens (including phenoxy) is 2. The first-order chi connectivity index (χ1) is 14.6. The minimum Gasteiger partial charge on any atom is -0.545 e. The minimum atomic E-state index is -1.26. The summed E-state index contributed by atoms with van der Waals surface area (Å²) in [5, 5.41) is 11.3. The van der Waals surface area contributed by atoms with Gasteiger partial charge in [0.25, 0.3) is 0 Å². The van der Waals surface area contributed by atoms with Crippen LogP contribution in [0.3, 0.4) is 0 Å². The number of nitrogens with zero attached hydrogens (tertiary/aromatic N) is 2. The molecule has 30 heavy (non-hydrogen) atoms.